The van der Waals surface area contributed by atoms with Crippen molar-refractivity contribution in [1.29, 1.82) is 5.26 Å². The first-order chi connectivity index (χ1) is 8.33. The molecule has 2 rings (SSSR count). The van der Waals surface area contributed by atoms with Crippen molar-refractivity contribution in [1.82, 2.24) is 15.3 Å². The van der Waals surface area contributed by atoms with E-state index in [4.69, 9.17) is 5.26 Å². The van der Waals surface area contributed by atoms with Gasteiger partial charge in [-0.05, 0) is 32.4 Å². The van der Waals surface area contributed by atoms with Crippen LogP contribution in [0.25, 0.3) is 0 Å². The van der Waals surface area contributed by atoms with Gasteiger partial charge in [0.05, 0.1) is 12.4 Å². The Kier molecular flexibility index (Phi) is 3.89. The van der Waals surface area contributed by atoms with Gasteiger partial charge >= 0.3 is 0 Å². The molecule has 0 radical (unpaired) electrons. The molecule has 0 aliphatic carbocycles. The molecule has 17 heavy (non-hydrogen) atoms. The maximum atomic E-state index is 8.68. The van der Waals surface area contributed by atoms with E-state index in [1.54, 1.807) is 6.20 Å². The van der Waals surface area contributed by atoms with Gasteiger partial charge in [-0.2, -0.15) is 5.26 Å². The molecule has 0 aromatic carbocycles. The van der Waals surface area contributed by atoms with Crippen molar-refractivity contribution in [3.05, 3.63) is 18.1 Å². The summed E-state index contributed by atoms with van der Waals surface area (Å²) in [7, 11) is 1.99. The Morgan fingerprint density at radius 2 is 2.41 bits per heavy atom. The lowest BCUT2D eigenvalue weighted by Crippen LogP contribution is -2.39. The van der Waals surface area contributed by atoms with E-state index in [9.17, 15) is 0 Å². The van der Waals surface area contributed by atoms with E-state index in [2.05, 4.69) is 20.2 Å². The van der Waals surface area contributed by atoms with Crippen molar-refractivity contribution in [2.75, 3.05) is 31.6 Å². The van der Waals surface area contributed by atoms with Crippen LogP contribution in [-0.2, 0) is 0 Å². The van der Waals surface area contributed by atoms with Gasteiger partial charge in [0.2, 0.25) is 0 Å². The number of nitrogens with zero attached hydrogens (tertiary/aromatic N) is 4. The van der Waals surface area contributed by atoms with Crippen LogP contribution in [0.3, 0.4) is 0 Å². The van der Waals surface area contributed by atoms with Crippen LogP contribution in [-0.4, -0.2) is 36.6 Å². The molecule has 0 bridgehead atoms. The van der Waals surface area contributed by atoms with Gasteiger partial charge in [-0.3, -0.25) is 0 Å². The van der Waals surface area contributed by atoms with Gasteiger partial charge in [0, 0.05) is 13.1 Å². The lowest BCUT2D eigenvalue weighted by molar-refractivity contribution is 0.401. The number of rotatable bonds is 3. The molecule has 1 aliphatic rings. The lowest BCUT2D eigenvalue weighted by atomic mass is 9.98. The molecule has 90 valence electrons. The molecule has 2 heterocycles. The van der Waals surface area contributed by atoms with Crippen LogP contribution in [0.5, 0.6) is 0 Å². The minimum Gasteiger partial charge on any atom is -0.355 e. The fraction of sp³-hybridized carbons (Fsp3) is 0.583. The zero-order valence-electron chi connectivity index (χ0n) is 10.1. The Morgan fingerprint density at radius 3 is 3.06 bits per heavy atom. The van der Waals surface area contributed by atoms with Gasteiger partial charge in [0.15, 0.2) is 5.69 Å². The minimum atomic E-state index is 0.373. The molecule has 0 amide bonds. The van der Waals surface area contributed by atoms with E-state index >= 15 is 0 Å². The van der Waals surface area contributed by atoms with Crippen molar-refractivity contribution in [3.8, 4) is 6.07 Å². The molecule has 1 aromatic rings. The fourth-order valence-electron chi connectivity index (χ4n) is 2.27. The summed E-state index contributed by atoms with van der Waals surface area (Å²) in [6, 6.07) is 1.98. The molecule has 0 saturated carbocycles. The van der Waals surface area contributed by atoms with Gasteiger partial charge < -0.3 is 10.2 Å². The van der Waals surface area contributed by atoms with Crippen LogP contribution in [0.4, 0.5) is 5.82 Å². The van der Waals surface area contributed by atoms with Crippen LogP contribution in [0.2, 0.25) is 0 Å². The number of hydrogen-bond acceptors (Lipinski definition) is 5. The highest BCUT2D eigenvalue weighted by Crippen LogP contribution is 2.20. The number of piperidine rings is 1. The van der Waals surface area contributed by atoms with Crippen molar-refractivity contribution in [2.24, 2.45) is 5.92 Å². The third-order valence-corrected chi connectivity index (χ3v) is 3.09. The molecule has 1 saturated heterocycles. The van der Waals surface area contributed by atoms with Gasteiger partial charge in [-0.15, -0.1) is 0 Å². The Balaban J connectivity index is 2.03. The monoisotopic (exact) mass is 231 g/mol. The second-order valence-corrected chi connectivity index (χ2v) is 4.38. The average Bonchev–Trinajstić information content (AvgIpc) is 2.40. The van der Waals surface area contributed by atoms with Gasteiger partial charge in [0.1, 0.15) is 11.9 Å². The first kappa shape index (κ1) is 11.8. The highest BCUT2D eigenvalue weighted by molar-refractivity contribution is 5.37. The fourth-order valence-corrected chi connectivity index (χ4v) is 2.27. The quantitative estimate of drug-likeness (QED) is 0.833. The smallest absolute Gasteiger partial charge is 0.158 e. The topological polar surface area (TPSA) is 64.8 Å². The Labute approximate surface area is 101 Å². The van der Waals surface area contributed by atoms with Gasteiger partial charge in [-0.25, -0.2) is 9.97 Å². The summed E-state index contributed by atoms with van der Waals surface area (Å²) in [5, 5.41) is 11.9. The van der Waals surface area contributed by atoms with Gasteiger partial charge in [-0.1, -0.05) is 0 Å². The standard InChI is InChI=1S/C12H17N5/c1-14-6-10-3-2-4-17(9-10)12-8-15-11(5-13)7-16-12/h7-8,10,14H,2-4,6,9H2,1H3. The number of anilines is 1. The number of nitriles is 1. The van der Waals surface area contributed by atoms with Crippen LogP contribution in [0.1, 0.15) is 18.5 Å². The molecule has 1 aromatic heterocycles. The summed E-state index contributed by atoms with van der Waals surface area (Å²) in [5.41, 5.74) is 0.373. The van der Waals surface area contributed by atoms with Crippen molar-refractivity contribution < 1.29 is 0 Å². The predicted octanol–water partition coefficient (Wildman–Crippen LogP) is 0.784. The maximum Gasteiger partial charge on any atom is 0.158 e. The largest absolute Gasteiger partial charge is 0.355 e. The summed E-state index contributed by atoms with van der Waals surface area (Å²) >= 11 is 0. The second-order valence-electron chi connectivity index (χ2n) is 4.38. The molecule has 1 fully saturated rings. The normalized spacial score (nSPS) is 20.0. The first-order valence-electron chi connectivity index (χ1n) is 5.95. The summed E-state index contributed by atoms with van der Waals surface area (Å²) in [4.78, 5) is 10.6. The van der Waals surface area contributed by atoms with Crippen LogP contribution in [0, 0.1) is 17.2 Å². The molecule has 1 atom stereocenters. The highest BCUT2D eigenvalue weighted by atomic mass is 15.2. The molecule has 1 unspecified atom stereocenters. The first-order valence-corrected chi connectivity index (χ1v) is 5.95. The highest BCUT2D eigenvalue weighted by Gasteiger charge is 2.20. The summed E-state index contributed by atoms with van der Waals surface area (Å²) < 4.78 is 0. The van der Waals surface area contributed by atoms with Crippen molar-refractivity contribution in [3.63, 3.8) is 0 Å². The molecule has 1 aliphatic heterocycles. The van der Waals surface area contributed by atoms with Crippen LogP contribution in [0.15, 0.2) is 12.4 Å². The zero-order chi connectivity index (χ0) is 12.1. The zero-order valence-corrected chi connectivity index (χ0v) is 10.1. The Morgan fingerprint density at radius 1 is 1.53 bits per heavy atom. The predicted molar refractivity (Wildman–Crippen MR) is 65.6 cm³/mol. The van der Waals surface area contributed by atoms with E-state index < -0.39 is 0 Å². The molecule has 0 spiro atoms. The summed E-state index contributed by atoms with van der Waals surface area (Å²) in [6.45, 7) is 3.09. The molecular weight excluding hydrogens is 214 g/mol. The molecule has 5 heteroatoms. The minimum absolute atomic E-state index is 0.373. The second kappa shape index (κ2) is 5.60. The van der Waals surface area contributed by atoms with Crippen LogP contribution < -0.4 is 10.2 Å². The molecule has 5 nitrogen and oxygen atoms in total. The summed E-state index contributed by atoms with van der Waals surface area (Å²) in [6.07, 6.45) is 5.69. The van der Waals surface area contributed by atoms with Gasteiger partial charge in [0.25, 0.3) is 0 Å². The summed E-state index contributed by atoms with van der Waals surface area (Å²) in [5.74, 6) is 1.55. The van der Waals surface area contributed by atoms with E-state index in [0.29, 0.717) is 11.6 Å². The van der Waals surface area contributed by atoms with E-state index in [-0.39, 0.29) is 0 Å². The Hall–Kier alpha value is -1.67. The number of aromatic nitrogens is 2. The third-order valence-electron chi connectivity index (χ3n) is 3.09. The molecule has 1 N–H and O–H groups in total. The number of hydrogen-bond donors (Lipinski definition) is 1. The Bertz CT molecular complexity index is 392. The van der Waals surface area contributed by atoms with E-state index in [0.717, 1.165) is 25.5 Å². The van der Waals surface area contributed by atoms with Crippen molar-refractivity contribution >= 4 is 5.82 Å². The number of nitrogens with one attached hydrogen (secondary N) is 1. The average molecular weight is 231 g/mol. The van der Waals surface area contributed by atoms with E-state index in [1.807, 2.05) is 13.1 Å². The van der Waals surface area contributed by atoms with E-state index in [1.165, 1.54) is 19.0 Å². The maximum absolute atomic E-state index is 8.68. The van der Waals surface area contributed by atoms with Crippen LogP contribution >= 0.6 is 0 Å². The molecular formula is C12H17N5. The van der Waals surface area contributed by atoms with Crippen molar-refractivity contribution in [2.45, 2.75) is 12.8 Å². The third kappa shape index (κ3) is 2.92. The SMILES string of the molecule is CNCC1CCCN(c2cnc(C#N)cn2)C1. The lowest BCUT2D eigenvalue weighted by Gasteiger charge is -2.33.